The number of rotatable bonds is 9. The number of anilines is 1. The van der Waals surface area contributed by atoms with Gasteiger partial charge in [0, 0.05) is 42.9 Å². The number of hydrogen-bond acceptors (Lipinski definition) is 6. The Morgan fingerprint density at radius 1 is 0.921 bits per heavy atom. The Balaban J connectivity index is 0.00000336. The van der Waals surface area contributed by atoms with Gasteiger partial charge in [-0.15, -0.1) is 12.4 Å². The van der Waals surface area contributed by atoms with E-state index in [9.17, 15) is 9.59 Å². The van der Waals surface area contributed by atoms with Crippen molar-refractivity contribution in [2.75, 3.05) is 44.3 Å². The largest absolute Gasteiger partial charge is 0.379 e. The molecule has 1 aliphatic rings. The van der Waals surface area contributed by atoms with Gasteiger partial charge in [-0.2, -0.15) is 0 Å². The summed E-state index contributed by atoms with van der Waals surface area (Å²) < 4.78 is 6.55. The highest BCUT2D eigenvalue weighted by molar-refractivity contribution is 7.22. The van der Waals surface area contributed by atoms with Gasteiger partial charge in [0.2, 0.25) is 0 Å². The molecule has 0 atom stereocenters. The first-order chi connectivity index (χ1) is 18.1. The van der Waals surface area contributed by atoms with Gasteiger partial charge in [0.25, 0.3) is 5.91 Å². The minimum atomic E-state index is -0.0993. The molecule has 198 valence electrons. The number of halogens is 1. The fourth-order valence-electron chi connectivity index (χ4n) is 4.63. The molecule has 0 spiro atoms. The molecule has 8 heteroatoms. The average molecular weight is 550 g/mol. The molecule has 0 N–H and O–H groups in total. The van der Waals surface area contributed by atoms with Crippen LogP contribution in [0, 0.1) is 0 Å². The molecule has 1 fully saturated rings. The van der Waals surface area contributed by atoms with E-state index >= 15 is 0 Å². The van der Waals surface area contributed by atoms with Gasteiger partial charge >= 0.3 is 0 Å². The molecule has 1 aromatic heterocycles. The van der Waals surface area contributed by atoms with Crippen molar-refractivity contribution in [1.82, 2.24) is 9.88 Å². The van der Waals surface area contributed by atoms with Crippen LogP contribution >= 0.6 is 23.7 Å². The summed E-state index contributed by atoms with van der Waals surface area (Å²) in [6, 6.07) is 22.4. The van der Waals surface area contributed by atoms with Gasteiger partial charge in [0.15, 0.2) is 10.9 Å². The van der Waals surface area contributed by atoms with Crippen molar-refractivity contribution in [1.29, 1.82) is 0 Å². The Kier molecular flexibility index (Phi) is 9.63. The number of ketones is 1. The molecule has 0 radical (unpaired) electrons. The second-order valence-electron chi connectivity index (χ2n) is 9.15. The van der Waals surface area contributed by atoms with Crippen molar-refractivity contribution >= 4 is 50.8 Å². The summed E-state index contributed by atoms with van der Waals surface area (Å²) >= 11 is 1.56. The van der Waals surface area contributed by atoms with E-state index in [0.717, 1.165) is 55.9 Å². The minimum Gasteiger partial charge on any atom is -0.379 e. The first-order valence-corrected chi connectivity index (χ1v) is 13.7. The van der Waals surface area contributed by atoms with Crippen LogP contribution in [0.3, 0.4) is 0 Å². The number of aromatic nitrogens is 1. The normalized spacial score (nSPS) is 13.7. The SMILES string of the molecule is CCc1cccc2sc(N(CCCN3CCOCC3)C(=O)c3ccc(C(=O)c4ccccc4)cc3)nc12.Cl. The molecule has 0 aliphatic carbocycles. The molecule has 6 nitrogen and oxygen atoms in total. The first kappa shape index (κ1) is 27.9. The lowest BCUT2D eigenvalue weighted by molar-refractivity contribution is 0.0376. The maximum absolute atomic E-state index is 13.8. The van der Waals surface area contributed by atoms with Gasteiger partial charge < -0.3 is 4.74 Å². The number of thiazole rings is 1. The van der Waals surface area contributed by atoms with Crippen molar-refractivity contribution in [2.24, 2.45) is 0 Å². The summed E-state index contributed by atoms with van der Waals surface area (Å²) in [6.07, 6.45) is 1.73. The summed E-state index contributed by atoms with van der Waals surface area (Å²) in [5.41, 5.74) is 3.90. The zero-order valence-electron chi connectivity index (χ0n) is 21.5. The van der Waals surface area contributed by atoms with E-state index in [1.807, 2.05) is 18.2 Å². The zero-order chi connectivity index (χ0) is 25.6. The summed E-state index contributed by atoms with van der Waals surface area (Å²) in [5, 5.41) is 0.715. The highest BCUT2D eigenvalue weighted by Gasteiger charge is 2.23. The second-order valence-corrected chi connectivity index (χ2v) is 10.2. The number of ether oxygens (including phenoxy) is 1. The predicted octanol–water partition coefficient (Wildman–Crippen LogP) is 5.88. The number of aryl methyl sites for hydroxylation is 1. The molecule has 3 aromatic carbocycles. The highest BCUT2D eigenvalue weighted by atomic mass is 35.5. The lowest BCUT2D eigenvalue weighted by Crippen LogP contribution is -2.39. The molecule has 5 rings (SSSR count). The number of para-hydroxylation sites is 1. The Labute approximate surface area is 233 Å². The minimum absolute atomic E-state index is 0. The van der Waals surface area contributed by atoms with Crippen molar-refractivity contribution in [3.05, 3.63) is 95.1 Å². The molecule has 4 aromatic rings. The van der Waals surface area contributed by atoms with E-state index < -0.39 is 0 Å². The van der Waals surface area contributed by atoms with Crippen molar-refractivity contribution in [3.8, 4) is 0 Å². The van der Waals surface area contributed by atoms with E-state index in [-0.39, 0.29) is 24.1 Å². The summed E-state index contributed by atoms with van der Waals surface area (Å²) in [5.74, 6) is -0.155. The third-order valence-corrected chi connectivity index (χ3v) is 7.78. The Bertz CT molecular complexity index is 1370. The lowest BCUT2D eigenvalue weighted by Gasteiger charge is -2.27. The van der Waals surface area contributed by atoms with E-state index in [1.54, 1.807) is 52.6 Å². The van der Waals surface area contributed by atoms with Crippen LogP contribution in [0.5, 0.6) is 0 Å². The van der Waals surface area contributed by atoms with E-state index in [4.69, 9.17) is 9.72 Å². The molecular formula is C30H32ClN3O3S. The standard InChI is InChI=1S/C30H31N3O3S.ClH/c1-2-22-10-6-11-26-27(22)31-30(37-26)33(17-7-16-32-18-20-36-21-19-32)29(35)25-14-12-24(13-15-25)28(34)23-8-4-3-5-9-23;/h3-6,8-15H,2,7,16-21H2,1H3;1H. The van der Waals surface area contributed by atoms with Crippen molar-refractivity contribution < 1.29 is 14.3 Å². The number of fused-ring (bicyclic) bond motifs is 1. The zero-order valence-corrected chi connectivity index (χ0v) is 23.1. The molecule has 2 heterocycles. The predicted molar refractivity (Wildman–Crippen MR) is 156 cm³/mol. The maximum atomic E-state index is 13.8. The third-order valence-electron chi connectivity index (χ3n) is 6.74. The molecule has 0 saturated carbocycles. The number of carbonyl (C=O) groups is 2. The third kappa shape index (κ3) is 6.30. The maximum Gasteiger partial charge on any atom is 0.260 e. The number of morpholine rings is 1. The number of amides is 1. The van der Waals surface area contributed by atoms with Gasteiger partial charge in [-0.05, 0) is 36.6 Å². The number of hydrogen-bond donors (Lipinski definition) is 0. The molecule has 0 unspecified atom stereocenters. The molecule has 1 saturated heterocycles. The summed E-state index contributed by atoms with van der Waals surface area (Å²) in [4.78, 5) is 35.7. The van der Waals surface area contributed by atoms with Crippen LogP contribution in [0.15, 0.2) is 72.8 Å². The Morgan fingerprint density at radius 2 is 1.61 bits per heavy atom. The van der Waals surface area contributed by atoms with Gasteiger partial charge in [-0.3, -0.25) is 19.4 Å². The van der Waals surface area contributed by atoms with Gasteiger partial charge in [-0.1, -0.05) is 72.9 Å². The number of benzene rings is 3. The number of nitrogens with zero attached hydrogens (tertiary/aromatic N) is 3. The second kappa shape index (κ2) is 13.1. The first-order valence-electron chi connectivity index (χ1n) is 12.8. The van der Waals surface area contributed by atoms with Crippen molar-refractivity contribution in [2.45, 2.75) is 19.8 Å². The molecule has 1 amide bonds. The van der Waals surface area contributed by atoms with Crippen LogP contribution in [0.2, 0.25) is 0 Å². The smallest absolute Gasteiger partial charge is 0.260 e. The summed E-state index contributed by atoms with van der Waals surface area (Å²) in [7, 11) is 0. The fourth-order valence-corrected chi connectivity index (χ4v) is 5.67. The van der Waals surface area contributed by atoms with Crippen molar-refractivity contribution in [3.63, 3.8) is 0 Å². The van der Waals surface area contributed by atoms with Crippen LogP contribution in [-0.2, 0) is 11.2 Å². The van der Waals surface area contributed by atoms with E-state index in [0.29, 0.717) is 28.4 Å². The highest BCUT2D eigenvalue weighted by Crippen LogP contribution is 2.32. The topological polar surface area (TPSA) is 62.7 Å². The lowest BCUT2D eigenvalue weighted by atomic mass is 10.0. The van der Waals surface area contributed by atoms with Gasteiger partial charge in [0.05, 0.1) is 23.4 Å². The molecule has 0 bridgehead atoms. The summed E-state index contributed by atoms with van der Waals surface area (Å²) in [6.45, 7) is 6.96. The monoisotopic (exact) mass is 549 g/mol. The van der Waals surface area contributed by atoms with Crippen LogP contribution in [0.4, 0.5) is 5.13 Å². The van der Waals surface area contributed by atoms with Crippen LogP contribution in [0.1, 0.15) is 45.2 Å². The Morgan fingerprint density at radius 3 is 2.32 bits per heavy atom. The van der Waals surface area contributed by atoms with Gasteiger partial charge in [0.1, 0.15) is 0 Å². The molecular weight excluding hydrogens is 518 g/mol. The number of carbonyl (C=O) groups excluding carboxylic acids is 2. The quantitative estimate of drug-likeness (QED) is 0.244. The van der Waals surface area contributed by atoms with E-state index in [1.165, 1.54) is 5.56 Å². The molecule has 1 aliphatic heterocycles. The van der Waals surface area contributed by atoms with Crippen LogP contribution < -0.4 is 4.90 Å². The van der Waals surface area contributed by atoms with Crippen LogP contribution in [-0.4, -0.2) is 61.0 Å². The fraction of sp³-hybridized carbons (Fsp3) is 0.300. The molecule has 38 heavy (non-hydrogen) atoms. The Hall–Kier alpha value is -3.10. The average Bonchev–Trinajstić information content (AvgIpc) is 3.40. The van der Waals surface area contributed by atoms with E-state index in [2.05, 4.69) is 30.0 Å². The van der Waals surface area contributed by atoms with Gasteiger partial charge in [-0.25, -0.2) is 4.98 Å². The van der Waals surface area contributed by atoms with Crippen LogP contribution in [0.25, 0.3) is 10.2 Å².